The van der Waals surface area contributed by atoms with Crippen molar-refractivity contribution in [1.29, 1.82) is 0 Å². The zero-order valence-corrected chi connectivity index (χ0v) is 19.4. The predicted octanol–water partition coefficient (Wildman–Crippen LogP) is 4.33. The second kappa shape index (κ2) is 8.67. The van der Waals surface area contributed by atoms with E-state index in [1.54, 1.807) is 12.3 Å². The van der Waals surface area contributed by atoms with E-state index >= 15 is 0 Å². The lowest BCUT2D eigenvalue weighted by molar-refractivity contribution is 0.148. The summed E-state index contributed by atoms with van der Waals surface area (Å²) in [5.74, 6) is 0. The van der Waals surface area contributed by atoms with Gasteiger partial charge in [-0.2, -0.15) is 0 Å². The zero-order valence-electron chi connectivity index (χ0n) is 19.4. The molecule has 2 aliphatic rings. The molecule has 2 aromatic heterocycles. The summed E-state index contributed by atoms with van der Waals surface area (Å²) in [6, 6.07) is 18.8. The van der Waals surface area contributed by atoms with E-state index < -0.39 is 0 Å². The molecular formula is C29H28N4O. The van der Waals surface area contributed by atoms with E-state index in [9.17, 15) is 4.79 Å². The molecule has 5 heteroatoms. The second-order valence-electron chi connectivity index (χ2n) is 9.42. The summed E-state index contributed by atoms with van der Waals surface area (Å²) in [5.41, 5.74) is 9.15. The standard InChI is InChI=1S/C29H28N4O/c1-32-12-14-33(15-13-32)19-20-2-4-21(5-3-20)23-16-26-24(8-9-27(26)31-18-23)22-6-7-25-28(17-22)30-11-10-29(25)34/h2-8,10-11,16-18H,9,12-15,19H2,1H3,(H,30,34). The number of nitrogens with zero attached hydrogens (tertiary/aromatic N) is 3. The number of rotatable bonds is 4. The van der Waals surface area contributed by atoms with Crippen molar-refractivity contribution in [3.05, 3.63) is 106 Å². The van der Waals surface area contributed by atoms with Crippen molar-refractivity contribution in [3.63, 3.8) is 0 Å². The van der Waals surface area contributed by atoms with Crippen molar-refractivity contribution < 1.29 is 0 Å². The molecule has 5 nitrogen and oxygen atoms in total. The van der Waals surface area contributed by atoms with Crippen LogP contribution in [0.4, 0.5) is 0 Å². The highest BCUT2D eigenvalue weighted by molar-refractivity contribution is 5.90. The Morgan fingerprint density at radius 1 is 0.912 bits per heavy atom. The molecule has 4 aromatic rings. The number of aromatic nitrogens is 2. The first kappa shape index (κ1) is 21.0. The molecule has 0 spiro atoms. The van der Waals surface area contributed by atoms with Crippen LogP contribution in [-0.4, -0.2) is 53.0 Å². The highest BCUT2D eigenvalue weighted by atomic mass is 16.1. The van der Waals surface area contributed by atoms with E-state index in [1.807, 2.05) is 18.3 Å². The van der Waals surface area contributed by atoms with Crippen LogP contribution >= 0.6 is 0 Å². The summed E-state index contributed by atoms with van der Waals surface area (Å²) in [5, 5.41) is 0.716. The van der Waals surface area contributed by atoms with Gasteiger partial charge in [0.1, 0.15) is 0 Å². The Labute approximate surface area is 199 Å². The minimum absolute atomic E-state index is 0.0427. The number of benzene rings is 2. The van der Waals surface area contributed by atoms with Gasteiger partial charge in [-0.15, -0.1) is 0 Å². The van der Waals surface area contributed by atoms with Crippen molar-refractivity contribution in [2.75, 3.05) is 33.2 Å². The fraction of sp³-hybridized carbons (Fsp3) is 0.241. The third-order valence-electron chi connectivity index (χ3n) is 7.12. The summed E-state index contributed by atoms with van der Waals surface area (Å²) in [6.45, 7) is 5.55. The quantitative estimate of drug-likeness (QED) is 0.505. The van der Waals surface area contributed by atoms with Crippen LogP contribution in [0.15, 0.2) is 77.9 Å². The number of nitrogens with one attached hydrogen (secondary N) is 1. The van der Waals surface area contributed by atoms with E-state index in [0.29, 0.717) is 5.39 Å². The Morgan fingerprint density at radius 2 is 1.71 bits per heavy atom. The second-order valence-corrected chi connectivity index (χ2v) is 9.42. The Balaban J connectivity index is 1.25. The number of hydrogen-bond donors (Lipinski definition) is 1. The van der Waals surface area contributed by atoms with Crippen LogP contribution in [0.1, 0.15) is 22.4 Å². The highest BCUT2D eigenvalue weighted by Crippen LogP contribution is 2.35. The molecule has 0 atom stereocenters. The van der Waals surface area contributed by atoms with Crippen LogP contribution < -0.4 is 5.43 Å². The van der Waals surface area contributed by atoms with Crippen LogP contribution in [0, 0.1) is 0 Å². The van der Waals surface area contributed by atoms with Crippen molar-refractivity contribution in [1.82, 2.24) is 19.8 Å². The summed E-state index contributed by atoms with van der Waals surface area (Å²) < 4.78 is 0. The molecule has 6 rings (SSSR count). The number of fused-ring (bicyclic) bond motifs is 2. The predicted molar refractivity (Wildman–Crippen MR) is 138 cm³/mol. The molecule has 2 aromatic carbocycles. The Hall–Kier alpha value is -3.54. The Morgan fingerprint density at radius 3 is 2.53 bits per heavy atom. The highest BCUT2D eigenvalue weighted by Gasteiger charge is 2.19. The third-order valence-corrected chi connectivity index (χ3v) is 7.12. The fourth-order valence-electron chi connectivity index (χ4n) is 5.04. The molecule has 1 saturated heterocycles. The summed E-state index contributed by atoms with van der Waals surface area (Å²) in [6.07, 6.45) is 6.77. The van der Waals surface area contributed by atoms with Gasteiger partial charge in [-0.05, 0) is 47.5 Å². The molecule has 0 unspecified atom stereocenters. The maximum absolute atomic E-state index is 12.1. The van der Waals surface area contributed by atoms with Crippen molar-refractivity contribution in [2.24, 2.45) is 0 Å². The third kappa shape index (κ3) is 3.98. The summed E-state index contributed by atoms with van der Waals surface area (Å²) in [7, 11) is 2.19. The maximum atomic E-state index is 12.1. The molecule has 0 amide bonds. The first-order chi connectivity index (χ1) is 16.6. The topological polar surface area (TPSA) is 52.2 Å². The Kier molecular flexibility index (Phi) is 5.36. The molecule has 1 aliphatic carbocycles. The monoisotopic (exact) mass is 448 g/mol. The van der Waals surface area contributed by atoms with Gasteiger partial charge in [0.05, 0.1) is 5.69 Å². The lowest BCUT2D eigenvalue weighted by Gasteiger charge is -2.32. The van der Waals surface area contributed by atoms with E-state index in [1.165, 1.54) is 22.3 Å². The number of H-pyrrole nitrogens is 1. The van der Waals surface area contributed by atoms with Gasteiger partial charge in [-0.1, -0.05) is 36.4 Å². The molecule has 1 fully saturated rings. The molecule has 0 bridgehead atoms. The van der Waals surface area contributed by atoms with Crippen LogP contribution in [0.5, 0.6) is 0 Å². The van der Waals surface area contributed by atoms with E-state index in [-0.39, 0.29) is 5.43 Å². The minimum atomic E-state index is 0.0427. The normalized spacial score (nSPS) is 16.6. The van der Waals surface area contributed by atoms with Crippen molar-refractivity contribution in [3.8, 4) is 11.1 Å². The average Bonchev–Trinajstić information content (AvgIpc) is 3.29. The minimum Gasteiger partial charge on any atom is -0.361 e. The molecule has 3 heterocycles. The first-order valence-electron chi connectivity index (χ1n) is 12.0. The van der Waals surface area contributed by atoms with Gasteiger partial charge in [0, 0.05) is 79.6 Å². The van der Waals surface area contributed by atoms with Crippen molar-refractivity contribution >= 4 is 16.5 Å². The fourth-order valence-corrected chi connectivity index (χ4v) is 5.04. The van der Waals surface area contributed by atoms with Crippen molar-refractivity contribution in [2.45, 2.75) is 13.0 Å². The van der Waals surface area contributed by atoms with Gasteiger partial charge in [0.15, 0.2) is 5.43 Å². The molecule has 1 aliphatic heterocycles. The Bertz CT molecular complexity index is 1440. The SMILES string of the molecule is CN1CCN(Cc2ccc(-c3cnc4c(c3)C(c3ccc5c(=O)cc[nH]c5c3)=CC4)cc2)CC1. The smallest absolute Gasteiger partial charge is 0.189 e. The van der Waals surface area contributed by atoms with Gasteiger partial charge in [0.2, 0.25) is 0 Å². The summed E-state index contributed by atoms with van der Waals surface area (Å²) >= 11 is 0. The molecule has 34 heavy (non-hydrogen) atoms. The number of aromatic amines is 1. The number of hydrogen-bond acceptors (Lipinski definition) is 4. The number of likely N-dealkylation sites (N-methyl/N-ethyl adjacent to an activating group) is 1. The molecule has 170 valence electrons. The van der Waals surface area contributed by atoms with Gasteiger partial charge < -0.3 is 9.88 Å². The van der Waals surface area contributed by atoms with Gasteiger partial charge in [-0.3, -0.25) is 14.7 Å². The molecular weight excluding hydrogens is 420 g/mol. The molecule has 0 saturated carbocycles. The maximum Gasteiger partial charge on any atom is 0.189 e. The van der Waals surface area contributed by atoms with Crippen LogP contribution in [0.3, 0.4) is 0 Å². The number of allylic oxidation sites excluding steroid dienone is 1. The average molecular weight is 449 g/mol. The van der Waals surface area contributed by atoms with E-state index in [2.05, 4.69) is 64.3 Å². The molecule has 1 N–H and O–H groups in total. The van der Waals surface area contributed by atoms with E-state index in [0.717, 1.165) is 61.5 Å². The zero-order chi connectivity index (χ0) is 23.1. The number of pyridine rings is 2. The largest absolute Gasteiger partial charge is 0.361 e. The van der Waals surface area contributed by atoms with Crippen LogP contribution in [0.2, 0.25) is 0 Å². The van der Waals surface area contributed by atoms with E-state index in [4.69, 9.17) is 4.98 Å². The van der Waals surface area contributed by atoms with Gasteiger partial charge >= 0.3 is 0 Å². The summed E-state index contributed by atoms with van der Waals surface area (Å²) in [4.78, 5) is 25.0. The van der Waals surface area contributed by atoms with Gasteiger partial charge in [-0.25, -0.2) is 0 Å². The first-order valence-corrected chi connectivity index (χ1v) is 12.0. The lowest BCUT2D eigenvalue weighted by atomic mass is 9.96. The molecule has 0 radical (unpaired) electrons. The van der Waals surface area contributed by atoms with Gasteiger partial charge in [0.25, 0.3) is 0 Å². The van der Waals surface area contributed by atoms with Crippen LogP contribution in [0.25, 0.3) is 27.6 Å². The lowest BCUT2D eigenvalue weighted by Crippen LogP contribution is -2.43. The van der Waals surface area contributed by atoms with Crippen LogP contribution in [-0.2, 0) is 13.0 Å². The number of piperazine rings is 1.